The number of nitrogens with zero attached hydrogens (tertiary/aromatic N) is 1. The van der Waals surface area contributed by atoms with Gasteiger partial charge in [-0.1, -0.05) is 12.8 Å². The average Bonchev–Trinajstić information content (AvgIpc) is 3.16. The maximum Gasteiger partial charge on any atom is 0.227 e. The van der Waals surface area contributed by atoms with Crippen LogP contribution >= 0.6 is 0 Å². The van der Waals surface area contributed by atoms with Crippen molar-refractivity contribution in [2.75, 3.05) is 38.1 Å². The molecule has 2 amide bonds. The summed E-state index contributed by atoms with van der Waals surface area (Å²) >= 11 is 0. The summed E-state index contributed by atoms with van der Waals surface area (Å²) in [6.45, 7) is 3.61. The Morgan fingerprint density at radius 3 is 2.68 bits per heavy atom. The fourth-order valence-electron chi connectivity index (χ4n) is 5.70. The van der Waals surface area contributed by atoms with Crippen molar-refractivity contribution < 1.29 is 24.2 Å². The van der Waals surface area contributed by atoms with E-state index in [2.05, 4.69) is 15.5 Å². The maximum absolute atomic E-state index is 12.6. The Morgan fingerprint density at radius 1 is 1.12 bits per heavy atom. The van der Waals surface area contributed by atoms with Gasteiger partial charge in [-0.25, -0.2) is 0 Å². The van der Waals surface area contributed by atoms with E-state index in [4.69, 9.17) is 9.47 Å². The fraction of sp³-hybridized carbons (Fsp3) is 0.692. The van der Waals surface area contributed by atoms with Gasteiger partial charge in [0.25, 0.3) is 0 Å². The zero-order chi connectivity index (χ0) is 23.5. The molecular weight excluding hydrogens is 434 g/mol. The van der Waals surface area contributed by atoms with Crippen molar-refractivity contribution in [2.24, 2.45) is 5.92 Å². The first-order valence-corrected chi connectivity index (χ1v) is 13.0. The lowest BCUT2D eigenvalue weighted by molar-refractivity contribution is -0.142. The van der Waals surface area contributed by atoms with E-state index in [0.717, 1.165) is 55.9 Å². The van der Waals surface area contributed by atoms with Gasteiger partial charge in [0.1, 0.15) is 18.0 Å². The molecule has 0 aromatic heterocycles. The van der Waals surface area contributed by atoms with Crippen molar-refractivity contribution in [1.29, 1.82) is 0 Å². The molecule has 2 saturated heterocycles. The molecule has 34 heavy (non-hydrogen) atoms. The molecule has 8 heteroatoms. The highest BCUT2D eigenvalue weighted by atomic mass is 16.6. The number of benzene rings is 1. The largest absolute Gasteiger partial charge is 0.487 e. The molecule has 4 aliphatic rings. The fourth-order valence-corrected chi connectivity index (χ4v) is 5.70. The highest BCUT2D eigenvalue weighted by Crippen LogP contribution is 2.47. The van der Waals surface area contributed by atoms with Crippen LogP contribution in [0.15, 0.2) is 18.2 Å². The SMILES string of the molecule is O=C(C[C@@H]1C[C@H]2c3cc(NC(=O)C4CCC4)ccc3O[C@H]2[C@@H](CO)O1)NCCN1CCCCC1. The number of hydrogen-bond donors (Lipinski definition) is 3. The lowest BCUT2D eigenvalue weighted by Crippen LogP contribution is -2.47. The van der Waals surface area contributed by atoms with Gasteiger partial charge in [-0.05, 0) is 63.4 Å². The minimum absolute atomic E-state index is 0.0159. The van der Waals surface area contributed by atoms with E-state index in [1.807, 2.05) is 18.2 Å². The van der Waals surface area contributed by atoms with Crippen molar-refractivity contribution in [1.82, 2.24) is 10.2 Å². The molecule has 3 heterocycles. The summed E-state index contributed by atoms with van der Waals surface area (Å²) in [5.41, 5.74) is 1.80. The summed E-state index contributed by atoms with van der Waals surface area (Å²) in [4.78, 5) is 27.4. The lowest BCUT2D eigenvalue weighted by atomic mass is 9.83. The summed E-state index contributed by atoms with van der Waals surface area (Å²) in [6.07, 6.45) is 6.70. The Balaban J connectivity index is 1.18. The predicted molar refractivity (Wildman–Crippen MR) is 128 cm³/mol. The molecule has 3 aliphatic heterocycles. The van der Waals surface area contributed by atoms with Gasteiger partial charge < -0.3 is 30.1 Å². The molecule has 0 radical (unpaired) electrons. The third kappa shape index (κ3) is 5.24. The van der Waals surface area contributed by atoms with Crippen molar-refractivity contribution in [3.63, 3.8) is 0 Å². The number of aliphatic hydroxyl groups excluding tert-OH is 1. The number of piperidine rings is 1. The number of aliphatic hydroxyl groups is 1. The van der Waals surface area contributed by atoms with Crippen LogP contribution < -0.4 is 15.4 Å². The number of carbonyl (C=O) groups is 2. The van der Waals surface area contributed by atoms with Crippen molar-refractivity contribution >= 4 is 17.5 Å². The van der Waals surface area contributed by atoms with Crippen LogP contribution in [0.5, 0.6) is 5.75 Å². The molecule has 8 nitrogen and oxygen atoms in total. The normalized spacial score (nSPS) is 28.9. The third-order valence-corrected chi connectivity index (χ3v) is 7.85. The molecule has 0 spiro atoms. The number of hydrogen-bond acceptors (Lipinski definition) is 6. The molecule has 3 fully saturated rings. The topological polar surface area (TPSA) is 100 Å². The second-order valence-electron chi connectivity index (χ2n) is 10.2. The molecule has 0 unspecified atom stereocenters. The number of ether oxygens (including phenoxy) is 2. The predicted octanol–water partition coefficient (Wildman–Crippen LogP) is 2.41. The summed E-state index contributed by atoms with van der Waals surface area (Å²) < 4.78 is 12.2. The Kier molecular flexibility index (Phi) is 7.37. The molecule has 186 valence electrons. The van der Waals surface area contributed by atoms with Gasteiger partial charge in [0.15, 0.2) is 0 Å². The minimum Gasteiger partial charge on any atom is -0.487 e. The first-order valence-electron chi connectivity index (χ1n) is 13.0. The van der Waals surface area contributed by atoms with Crippen LogP contribution in [0.2, 0.25) is 0 Å². The van der Waals surface area contributed by atoms with Gasteiger partial charge in [-0.15, -0.1) is 0 Å². The van der Waals surface area contributed by atoms with E-state index in [0.29, 0.717) is 13.0 Å². The van der Waals surface area contributed by atoms with E-state index in [1.165, 1.54) is 19.3 Å². The summed E-state index contributed by atoms with van der Waals surface area (Å²) in [6, 6.07) is 5.75. The van der Waals surface area contributed by atoms with Gasteiger partial charge >= 0.3 is 0 Å². The second kappa shape index (κ2) is 10.6. The molecule has 1 saturated carbocycles. The van der Waals surface area contributed by atoms with Crippen LogP contribution in [0.25, 0.3) is 0 Å². The van der Waals surface area contributed by atoms with Gasteiger partial charge in [-0.3, -0.25) is 9.59 Å². The average molecular weight is 472 g/mol. The van der Waals surface area contributed by atoms with E-state index in [9.17, 15) is 14.7 Å². The Morgan fingerprint density at radius 2 is 1.94 bits per heavy atom. The molecule has 0 bridgehead atoms. The van der Waals surface area contributed by atoms with Crippen molar-refractivity contribution in [3.05, 3.63) is 23.8 Å². The maximum atomic E-state index is 12.6. The molecule has 1 aromatic rings. The Bertz CT molecular complexity index is 883. The van der Waals surface area contributed by atoms with Gasteiger partial charge in [-0.2, -0.15) is 0 Å². The smallest absolute Gasteiger partial charge is 0.227 e. The number of carbonyl (C=O) groups excluding carboxylic acids is 2. The van der Waals surface area contributed by atoms with E-state index in [-0.39, 0.29) is 48.9 Å². The molecule has 1 aromatic carbocycles. The number of likely N-dealkylation sites (tertiary alicyclic amines) is 1. The Hall–Kier alpha value is -2.16. The zero-order valence-corrected chi connectivity index (χ0v) is 19.8. The monoisotopic (exact) mass is 471 g/mol. The molecule has 1 aliphatic carbocycles. The quantitative estimate of drug-likeness (QED) is 0.539. The summed E-state index contributed by atoms with van der Waals surface area (Å²) in [5, 5.41) is 16.0. The molecule has 4 atom stereocenters. The van der Waals surface area contributed by atoms with Crippen LogP contribution in [0, 0.1) is 5.92 Å². The number of nitrogens with one attached hydrogen (secondary N) is 2. The zero-order valence-electron chi connectivity index (χ0n) is 19.8. The van der Waals surface area contributed by atoms with Crippen LogP contribution in [-0.4, -0.2) is 72.9 Å². The van der Waals surface area contributed by atoms with Gasteiger partial charge in [0.05, 0.1) is 19.1 Å². The Labute approximate surface area is 201 Å². The third-order valence-electron chi connectivity index (χ3n) is 7.85. The molecule has 5 rings (SSSR count). The molecule has 3 N–H and O–H groups in total. The first-order chi connectivity index (χ1) is 16.6. The molecular formula is C26H37N3O5. The number of rotatable bonds is 8. The van der Waals surface area contributed by atoms with Crippen molar-refractivity contribution in [3.8, 4) is 5.75 Å². The number of anilines is 1. The van der Waals surface area contributed by atoms with Crippen LogP contribution in [-0.2, 0) is 14.3 Å². The van der Waals surface area contributed by atoms with Gasteiger partial charge in [0, 0.05) is 36.2 Å². The second-order valence-corrected chi connectivity index (χ2v) is 10.2. The number of amides is 2. The lowest BCUT2D eigenvalue weighted by Gasteiger charge is -2.37. The van der Waals surface area contributed by atoms with Crippen LogP contribution in [0.1, 0.15) is 62.8 Å². The highest BCUT2D eigenvalue weighted by molar-refractivity contribution is 5.93. The minimum atomic E-state index is -0.481. The van der Waals surface area contributed by atoms with Crippen LogP contribution in [0.4, 0.5) is 5.69 Å². The van der Waals surface area contributed by atoms with E-state index < -0.39 is 6.10 Å². The first kappa shape index (κ1) is 23.6. The van der Waals surface area contributed by atoms with E-state index >= 15 is 0 Å². The van der Waals surface area contributed by atoms with E-state index in [1.54, 1.807) is 0 Å². The summed E-state index contributed by atoms with van der Waals surface area (Å²) in [7, 11) is 0. The highest BCUT2D eigenvalue weighted by Gasteiger charge is 2.46. The summed E-state index contributed by atoms with van der Waals surface area (Å²) in [5.74, 6) is 0.980. The van der Waals surface area contributed by atoms with Crippen LogP contribution in [0.3, 0.4) is 0 Å². The van der Waals surface area contributed by atoms with Gasteiger partial charge in [0.2, 0.25) is 11.8 Å². The van der Waals surface area contributed by atoms with Crippen molar-refractivity contribution in [2.45, 2.75) is 75.6 Å². The standard InChI is InChI=1S/C26H37N3O5/c30-16-23-25-21(14-19(33-23)15-24(31)27-9-12-29-10-2-1-3-11-29)20-13-18(7-8-22(20)34-25)28-26(32)17-5-4-6-17/h7-8,13,17,19,21,23,25,30H,1-6,9-12,14-16H2,(H,27,31)(H,28,32)/t19-,21-,23+,25+/m0/s1. The number of fused-ring (bicyclic) bond motifs is 3.